The van der Waals surface area contributed by atoms with Gasteiger partial charge in [-0.25, -0.2) is 9.37 Å². The van der Waals surface area contributed by atoms with Gasteiger partial charge in [0.1, 0.15) is 10.5 Å². The second-order valence-corrected chi connectivity index (χ2v) is 9.02. The van der Waals surface area contributed by atoms with E-state index in [0.29, 0.717) is 20.9 Å². The van der Waals surface area contributed by atoms with Crippen molar-refractivity contribution in [1.82, 2.24) is 14.9 Å². The maximum absolute atomic E-state index is 13.2. The average Bonchev–Trinajstić information content (AvgIpc) is 3.21. The first kappa shape index (κ1) is 21.5. The summed E-state index contributed by atoms with van der Waals surface area (Å²) < 4.78 is 15.3. The first-order valence-electron chi connectivity index (χ1n) is 9.33. The summed E-state index contributed by atoms with van der Waals surface area (Å²) in [6.07, 6.45) is 0. The second kappa shape index (κ2) is 9.21. The van der Waals surface area contributed by atoms with Crippen LogP contribution in [-0.2, 0) is 11.3 Å². The number of halogens is 2. The van der Waals surface area contributed by atoms with Gasteiger partial charge >= 0.3 is 0 Å². The second-order valence-electron chi connectivity index (χ2n) is 6.76. The minimum Gasteiger partial charge on any atom is -0.351 e. The quantitative estimate of drug-likeness (QED) is 0.317. The molecule has 2 aromatic carbocycles. The van der Waals surface area contributed by atoms with E-state index < -0.39 is 5.82 Å². The number of aromatic nitrogens is 2. The number of carbonyl (C=O) groups is 1. The first-order valence-corrected chi connectivity index (χ1v) is 11.6. The number of para-hydroxylation sites is 1. The molecule has 0 fully saturated rings. The molecule has 0 bridgehead atoms. The Bertz CT molecular complexity index is 1340. The number of thioether (sulfide) groups is 1. The van der Waals surface area contributed by atoms with Crippen LogP contribution in [0.3, 0.4) is 0 Å². The normalized spacial score (nSPS) is 11.1. The van der Waals surface area contributed by atoms with Crippen molar-refractivity contribution >= 4 is 50.8 Å². The Balaban J connectivity index is 1.56. The number of fused-ring (bicyclic) bond motifs is 1. The summed E-state index contributed by atoms with van der Waals surface area (Å²) >= 11 is 8.54. The summed E-state index contributed by atoms with van der Waals surface area (Å²) in [4.78, 5) is 30.2. The van der Waals surface area contributed by atoms with Crippen molar-refractivity contribution < 1.29 is 9.18 Å². The van der Waals surface area contributed by atoms with Crippen LogP contribution in [0.5, 0.6) is 0 Å². The molecular weight excluding hydrogens is 457 g/mol. The lowest BCUT2D eigenvalue weighted by Gasteiger charge is -2.14. The topological polar surface area (TPSA) is 64.0 Å². The molecule has 0 aliphatic carbocycles. The number of rotatable bonds is 6. The highest BCUT2D eigenvalue weighted by Crippen LogP contribution is 2.25. The third-order valence-corrected chi connectivity index (χ3v) is 6.81. The fraction of sp³-hybridized carbons (Fsp3) is 0.136. The standard InChI is InChI=1S/C22H17ClFN3O2S2/c1-13-4-2-3-5-18(13)27-21(29)20-17(8-9-30-20)26-22(27)31-12-19(28)25-11-14-6-7-15(24)10-16(14)23/h2-10H,11-12H2,1H3,(H,25,28). The molecule has 0 unspecified atom stereocenters. The van der Waals surface area contributed by atoms with Crippen LogP contribution in [0.1, 0.15) is 11.1 Å². The lowest BCUT2D eigenvalue weighted by Crippen LogP contribution is -2.26. The van der Waals surface area contributed by atoms with Crippen LogP contribution >= 0.6 is 34.7 Å². The fourth-order valence-electron chi connectivity index (χ4n) is 3.06. The molecule has 0 saturated carbocycles. The summed E-state index contributed by atoms with van der Waals surface area (Å²) in [6, 6.07) is 13.4. The van der Waals surface area contributed by atoms with Gasteiger partial charge in [0.05, 0.1) is 17.0 Å². The molecule has 0 spiro atoms. The molecule has 0 aliphatic heterocycles. The predicted molar refractivity (Wildman–Crippen MR) is 124 cm³/mol. The molecule has 4 aromatic rings. The number of nitrogens with zero attached hydrogens (tertiary/aromatic N) is 2. The van der Waals surface area contributed by atoms with Crippen LogP contribution in [0.4, 0.5) is 4.39 Å². The van der Waals surface area contributed by atoms with Crippen LogP contribution in [0, 0.1) is 12.7 Å². The Kier molecular flexibility index (Phi) is 6.41. The van der Waals surface area contributed by atoms with Gasteiger partial charge in [0.15, 0.2) is 5.16 Å². The molecule has 0 saturated heterocycles. The van der Waals surface area contributed by atoms with Crippen molar-refractivity contribution in [1.29, 1.82) is 0 Å². The van der Waals surface area contributed by atoms with E-state index in [4.69, 9.17) is 11.6 Å². The van der Waals surface area contributed by atoms with Gasteiger partial charge in [-0.3, -0.25) is 14.2 Å². The maximum atomic E-state index is 13.2. The van der Waals surface area contributed by atoms with Crippen molar-refractivity contribution in [3.63, 3.8) is 0 Å². The van der Waals surface area contributed by atoms with Crippen molar-refractivity contribution in [2.24, 2.45) is 0 Å². The summed E-state index contributed by atoms with van der Waals surface area (Å²) in [7, 11) is 0. The van der Waals surface area contributed by atoms with Crippen LogP contribution < -0.4 is 10.9 Å². The molecule has 1 amide bonds. The Labute approximate surface area is 190 Å². The van der Waals surface area contributed by atoms with Crippen molar-refractivity contribution in [2.75, 3.05) is 5.75 Å². The van der Waals surface area contributed by atoms with Crippen molar-refractivity contribution in [3.05, 3.63) is 86.2 Å². The number of hydrogen-bond acceptors (Lipinski definition) is 5. The minimum atomic E-state index is -0.431. The molecular formula is C22H17ClFN3O2S2. The number of nitrogens with one attached hydrogen (secondary N) is 1. The molecule has 0 aliphatic rings. The summed E-state index contributed by atoms with van der Waals surface area (Å²) in [5.41, 5.74) is 2.74. The van der Waals surface area contributed by atoms with E-state index in [9.17, 15) is 14.0 Å². The SMILES string of the molecule is Cc1ccccc1-n1c(SCC(=O)NCc2ccc(F)cc2Cl)nc2ccsc2c1=O. The highest BCUT2D eigenvalue weighted by Gasteiger charge is 2.17. The molecule has 1 N–H and O–H groups in total. The number of hydrogen-bond donors (Lipinski definition) is 1. The van der Waals surface area contributed by atoms with Gasteiger partial charge in [-0.1, -0.05) is 47.6 Å². The molecule has 2 aromatic heterocycles. The van der Waals surface area contributed by atoms with Gasteiger partial charge in [-0.15, -0.1) is 11.3 Å². The van der Waals surface area contributed by atoms with E-state index in [1.165, 1.54) is 41.3 Å². The Morgan fingerprint density at radius 3 is 2.84 bits per heavy atom. The number of benzene rings is 2. The Hall–Kier alpha value is -2.68. The van der Waals surface area contributed by atoms with Crippen LogP contribution in [0.2, 0.25) is 5.02 Å². The van der Waals surface area contributed by atoms with Crippen molar-refractivity contribution in [2.45, 2.75) is 18.6 Å². The fourth-order valence-corrected chi connectivity index (χ4v) is 4.88. The summed E-state index contributed by atoms with van der Waals surface area (Å²) in [5, 5.41) is 5.30. The zero-order valence-corrected chi connectivity index (χ0v) is 18.8. The van der Waals surface area contributed by atoms with E-state index >= 15 is 0 Å². The third kappa shape index (κ3) is 4.66. The molecule has 158 valence electrons. The van der Waals surface area contributed by atoms with Gasteiger partial charge < -0.3 is 5.32 Å². The largest absolute Gasteiger partial charge is 0.351 e. The zero-order chi connectivity index (χ0) is 22.0. The van der Waals surface area contributed by atoms with Gasteiger partial charge in [0.2, 0.25) is 5.91 Å². The van der Waals surface area contributed by atoms with E-state index in [-0.39, 0.29) is 28.8 Å². The molecule has 2 heterocycles. The molecule has 9 heteroatoms. The first-order chi connectivity index (χ1) is 14.9. The molecule has 5 nitrogen and oxygen atoms in total. The smallest absolute Gasteiger partial charge is 0.276 e. The number of amides is 1. The van der Waals surface area contributed by atoms with Gasteiger partial charge in [-0.05, 0) is 47.7 Å². The van der Waals surface area contributed by atoms with Crippen LogP contribution in [-0.4, -0.2) is 21.2 Å². The number of thiophene rings is 1. The molecule has 0 atom stereocenters. The van der Waals surface area contributed by atoms with E-state index in [1.807, 2.05) is 36.6 Å². The van der Waals surface area contributed by atoms with E-state index in [2.05, 4.69) is 10.3 Å². The number of carbonyl (C=O) groups excluding carboxylic acids is 1. The highest BCUT2D eigenvalue weighted by molar-refractivity contribution is 7.99. The van der Waals surface area contributed by atoms with E-state index in [1.54, 1.807) is 10.6 Å². The average molecular weight is 474 g/mol. The predicted octanol–water partition coefficient (Wildman–Crippen LogP) is 4.96. The van der Waals surface area contributed by atoms with Crippen LogP contribution in [0.15, 0.2) is 63.9 Å². The maximum Gasteiger partial charge on any atom is 0.276 e. The molecule has 31 heavy (non-hydrogen) atoms. The van der Waals surface area contributed by atoms with Crippen LogP contribution in [0.25, 0.3) is 15.9 Å². The van der Waals surface area contributed by atoms with Gasteiger partial charge in [0, 0.05) is 11.6 Å². The number of aryl methyl sites for hydroxylation is 1. The monoisotopic (exact) mass is 473 g/mol. The van der Waals surface area contributed by atoms with Crippen molar-refractivity contribution in [3.8, 4) is 5.69 Å². The van der Waals surface area contributed by atoms with Gasteiger partial charge in [0.25, 0.3) is 5.56 Å². The highest BCUT2D eigenvalue weighted by atomic mass is 35.5. The third-order valence-electron chi connectivity index (χ3n) is 4.63. The summed E-state index contributed by atoms with van der Waals surface area (Å²) in [6.45, 7) is 2.11. The summed E-state index contributed by atoms with van der Waals surface area (Å²) in [5.74, 6) is -0.617. The van der Waals surface area contributed by atoms with Gasteiger partial charge in [-0.2, -0.15) is 0 Å². The lowest BCUT2D eigenvalue weighted by atomic mass is 10.2. The lowest BCUT2D eigenvalue weighted by molar-refractivity contribution is -0.118. The zero-order valence-electron chi connectivity index (χ0n) is 16.4. The Morgan fingerprint density at radius 2 is 2.06 bits per heavy atom. The Morgan fingerprint density at radius 1 is 1.26 bits per heavy atom. The molecule has 4 rings (SSSR count). The molecule has 0 radical (unpaired) electrons. The van der Waals surface area contributed by atoms with E-state index in [0.717, 1.165) is 11.3 Å². The minimum absolute atomic E-state index is 0.0623.